The monoisotopic (exact) mass is 290 g/mol. The molecule has 1 N–H and O–H groups in total. The van der Waals surface area contributed by atoms with E-state index in [1.54, 1.807) is 0 Å². The molecule has 2 atom stereocenters. The van der Waals surface area contributed by atoms with Gasteiger partial charge in [0.1, 0.15) is 0 Å². The van der Waals surface area contributed by atoms with Crippen LogP contribution in [0.2, 0.25) is 0 Å². The van der Waals surface area contributed by atoms with E-state index in [0.717, 1.165) is 13.1 Å². The van der Waals surface area contributed by atoms with Gasteiger partial charge in [-0.15, -0.1) is 24.8 Å². The van der Waals surface area contributed by atoms with Crippen molar-refractivity contribution >= 4 is 24.8 Å². The standard InChI is InChI=1S/C14H22N2.2ClH/c1-12(14-6-4-3-5-7-14)11-16-9-8-15-10-13(16)2;;/h3-7,12-13,15H,8-11H2,1-2H3;2*1H/t12?,13-;;/m0../s1. The molecule has 0 amide bonds. The van der Waals surface area contributed by atoms with E-state index in [0.29, 0.717) is 12.0 Å². The average molecular weight is 291 g/mol. The van der Waals surface area contributed by atoms with Crippen LogP contribution in [-0.4, -0.2) is 37.1 Å². The Hall–Kier alpha value is -0.280. The van der Waals surface area contributed by atoms with Crippen LogP contribution in [0.15, 0.2) is 30.3 Å². The number of hydrogen-bond acceptors (Lipinski definition) is 2. The average Bonchev–Trinajstić information content (AvgIpc) is 2.33. The zero-order valence-electron chi connectivity index (χ0n) is 11.1. The molecule has 0 aliphatic carbocycles. The Balaban J connectivity index is 0.00000144. The Morgan fingerprint density at radius 1 is 1.28 bits per heavy atom. The summed E-state index contributed by atoms with van der Waals surface area (Å²) < 4.78 is 0. The number of nitrogens with zero attached hydrogens (tertiary/aromatic N) is 1. The second-order valence-electron chi connectivity index (χ2n) is 4.86. The number of nitrogens with one attached hydrogen (secondary N) is 1. The minimum atomic E-state index is 0. The highest BCUT2D eigenvalue weighted by atomic mass is 35.5. The minimum Gasteiger partial charge on any atom is -0.314 e. The van der Waals surface area contributed by atoms with E-state index in [1.165, 1.54) is 18.7 Å². The Bertz CT molecular complexity index is 319. The first-order chi connectivity index (χ1) is 7.77. The summed E-state index contributed by atoms with van der Waals surface area (Å²) in [6.45, 7) is 9.24. The maximum atomic E-state index is 3.44. The zero-order valence-corrected chi connectivity index (χ0v) is 12.8. The van der Waals surface area contributed by atoms with Crippen LogP contribution in [0.1, 0.15) is 25.3 Å². The second kappa shape index (κ2) is 8.76. The van der Waals surface area contributed by atoms with Gasteiger partial charge in [0.15, 0.2) is 0 Å². The first-order valence-electron chi connectivity index (χ1n) is 6.27. The highest BCUT2D eigenvalue weighted by Crippen LogP contribution is 2.17. The van der Waals surface area contributed by atoms with Crippen molar-refractivity contribution in [1.82, 2.24) is 10.2 Å². The lowest BCUT2D eigenvalue weighted by Crippen LogP contribution is -2.50. The fourth-order valence-corrected chi connectivity index (χ4v) is 2.39. The Morgan fingerprint density at radius 2 is 1.94 bits per heavy atom. The first-order valence-corrected chi connectivity index (χ1v) is 6.27. The quantitative estimate of drug-likeness (QED) is 0.921. The Labute approximate surface area is 123 Å². The van der Waals surface area contributed by atoms with Gasteiger partial charge in [0.05, 0.1) is 0 Å². The summed E-state index contributed by atoms with van der Waals surface area (Å²) in [4.78, 5) is 2.59. The maximum Gasteiger partial charge on any atom is 0.0193 e. The molecule has 1 saturated heterocycles. The van der Waals surface area contributed by atoms with Crippen LogP contribution >= 0.6 is 24.8 Å². The van der Waals surface area contributed by atoms with E-state index in [4.69, 9.17) is 0 Å². The van der Waals surface area contributed by atoms with Gasteiger partial charge in [-0.2, -0.15) is 0 Å². The molecule has 0 radical (unpaired) electrons. The zero-order chi connectivity index (χ0) is 11.4. The molecule has 1 aromatic rings. The van der Waals surface area contributed by atoms with Crippen LogP contribution in [0.5, 0.6) is 0 Å². The molecule has 104 valence electrons. The molecule has 0 spiro atoms. The number of rotatable bonds is 3. The van der Waals surface area contributed by atoms with E-state index >= 15 is 0 Å². The smallest absolute Gasteiger partial charge is 0.0193 e. The fraction of sp³-hybridized carbons (Fsp3) is 0.571. The summed E-state index contributed by atoms with van der Waals surface area (Å²) in [5.74, 6) is 0.627. The first kappa shape index (κ1) is 17.7. The lowest BCUT2D eigenvalue weighted by atomic mass is 10.00. The third-order valence-corrected chi connectivity index (χ3v) is 3.52. The van der Waals surface area contributed by atoms with Gasteiger partial charge in [-0.05, 0) is 18.4 Å². The van der Waals surface area contributed by atoms with Crippen molar-refractivity contribution < 1.29 is 0 Å². The molecule has 1 aliphatic rings. The molecule has 4 heteroatoms. The minimum absolute atomic E-state index is 0. The predicted octanol–water partition coefficient (Wildman–Crippen LogP) is 2.93. The van der Waals surface area contributed by atoms with Crippen molar-refractivity contribution in [2.24, 2.45) is 0 Å². The van der Waals surface area contributed by atoms with Gasteiger partial charge in [-0.25, -0.2) is 0 Å². The molecule has 1 aromatic carbocycles. The fourth-order valence-electron chi connectivity index (χ4n) is 2.39. The number of hydrogen-bond donors (Lipinski definition) is 1. The largest absolute Gasteiger partial charge is 0.314 e. The molecule has 1 unspecified atom stereocenters. The van der Waals surface area contributed by atoms with E-state index in [-0.39, 0.29) is 24.8 Å². The summed E-state index contributed by atoms with van der Waals surface area (Å²) >= 11 is 0. The van der Waals surface area contributed by atoms with Crippen molar-refractivity contribution in [2.45, 2.75) is 25.8 Å². The van der Waals surface area contributed by atoms with Crippen LogP contribution in [0.25, 0.3) is 0 Å². The summed E-state index contributed by atoms with van der Waals surface area (Å²) in [6, 6.07) is 11.5. The molecular weight excluding hydrogens is 267 g/mol. The van der Waals surface area contributed by atoms with Gasteiger partial charge in [0, 0.05) is 32.2 Å². The van der Waals surface area contributed by atoms with E-state index < -0.39 is 0 Å². The molecule has 1 fully saturated rings. The van der Waals surface area contributed by atoms with Gasteiger partial charge >= 0.3 is 0 Å². The third-order valence-electron chi connectivity index (χ3n) is 3.52. The van der Waals surface area contributed by atoms with Gasteiger partial charge < -0.3 is 5.32 Å². The highest BCUT2D eigenvalue weighted by Gasteiger charge is 2.19. The van der Waals surface area contributed by atoms with Crippen molar-refractivity contribution in [3.05, 3.63) is 35.9 Å². The molecule has 1 heterocycles. The number of halogens is 2. The molecule has 0 aromatic heterocycles. The molecule has 0 saturated carbocycles. The normalized spacial score (nSPS) is 21.6. The third kappa shape index (κ3) is 4.77. The Morgan fingerprint density at radius 3 is 2.56 bits per heavy atom. The Kier molecular flexibility index (Phi) is 8.62. The van der Waals surface area contributed by atoms with Crippen molar-refractivity contribution in [3.8, 4) is 0 Å². The van der Waals surface area contributed by atoms with Crippen LogP contribution < -0.4 is 5.32 Å². The summed E-state index contributed by atoms with van der Waals surface area (Å²) in [7, 11) is 0. The van der Waals surface area contributed by atoms with Crippen LogP contribution in [0, 0.1) is 0 Å². The predicted molar refractivity (Wildman–Crippen MR) is 83.3 cm³/mol. The molecule has 2 nitrogen and oxygen atoms in total. The van der Waals surface area contributed by atoms with Crippen LogP contribution in [0.4, 0.5) is 0 Å². The molecule has 2 rings (SSSR count). The van der Waals surface area contributed by atoms with E-state index in [2.05, 4.69) is 54.4 Å². The molecule has 0 bridgehead atoms. The summed E-state index contributed by atoms with van der Waals surface area (Å²) in [6.07, 6.45) is 0. The second-order valence-corrected chi connectivity index (χ2v) is 4.86. The van der Waals surface area contributed by atoms with Gasteiger partial charge in [-0.1, -0.05) is 37.3 Å². The van der Waals surface area contributed by atoms with Crippen LogP contribution in [-0.2, 0) is 0 Å². The van der Waals surface area contributed by atoms with E-state index in [9.17, 15) is 0 Å². The lowest BCUT2D eigenvalue weighted by molar-refractivity contribution is 0.166. The highest BCUT2D eigenvalue weighted by molar-refractivity contribution is 5.85. The van der Waals surface area contributed by atoms with Crippen molar-refractivity contribution in [3.63, 3.8) is 0 Å². The molecule has 18 heavy (non-hydrogen) atoms. The van der Waals surface area contributed by atoms with Crippen LogP contribution in [0.3, 0.4) is 0 Å². The topological polar surface area (TPSA) is 15.3 Å². The summed E-state index contributed by atoms with van der Waals surface area (Å²) in [5, 5.41) is 3.44. The number of benzene rings is 1. The maximum absolute atomic E-state index is 3.44. The molecular formula is C14H24Cl2N2. The van der Waals surface area contributed by atoms with Crippen molar-refractivity contribution in [1.29, 1.82) is 0 Å². The molecule has 1 aliphatic heterocycles. The van der Waals surface area contributed by atoms with Gasteiger partial charge in [0.25, 0.3) is 0 Å². The lowest BCUT2D eigenvalue weighted by Gasteiger charge is -2.35. The number of piperazine rings is 1. The summed E-state index contributed by atoms with van der Waals surface area (Å²) in [5.41, 5.74) is 1.45. The van der Waals surface area contributed by atoms with Gasteiger partial charge in [0.2, 0.25) is 0 Å². The SMILES string of the molecule is CC(CN1CCNC[C@@H]1C)c1ccccc1.Cl.Cl. The van der Waals surface area contributed by atoms with E-state index in [1.807, 2.05) is 0 Å². The van der Waals surface area contributed by atoms with Crippen molar-refractivity contribution in [2.75, 3.05) is 26.2 Å². The van der Waals surface area contributed by atoms with Gasteiger partial charge in [-0.3, -0.25) is 4.90 Å².